The molecule has 0 aliphatic rings. The molecule has 0 aliphatic heterocycles. The lowest BCUT2D eigenvalue weighted by atomic mass is 9.99. The largest absolute Gasteiger partial charge is 0.384 e. The van der Waals surface area contributed by atoms with E-state index in [-0.39, 0.29) is 24.9 Å². The molecule has 1 aromatic rings. The molecule has 0 saturated heterocycles. The molecule has 0 fully saturated rings. The second kappa shape index (κ2) is 7.73. The topological polar surface area (TPSA) is 81.4 Å². The summed E-state index contributed by atoms with van der Waals surface area (Å²) in [4.78, 5) is 0. The second-order valence-corrected chi connectivity index (χ2v) is 7.01. The van der Waals surface area contributed by atoms with Gasteiger partial charge in [0.25, 0.3) is 0 Å². The van der Waals surface area contributed by atoms with Crippen LogP contribution in [0.5, 0.6) is 0 Å². The zero-order valence-electron chi connectivity index (χ0n) is 12.3. The lowest BCUT2D eigenvalue weighted by Gasteiger charge is -2.14. The molecule has 20 heavy (non-hydrogen) atoms. The first-order chi connectivity index (χ1) is 9.35. The Morgan fingerprint density at radius 3 is 2.25 bits per heavy atom. The van der Waals surface area contributed by atoms with Gasteiger partial charge in [-0.2, -0.15) is 0 Å². The van der Waals surface area contributed by atoms with Gasteiger partial charge in [-0.25, -0.2) is 13.1 Å². The molecule has 0 bridgehead atoms. The third kappa shape index (κ3) is 5.58. The van der Waals surface area contributed by atoms with E-state index in [4.69, 9.17) is 10.5 Å². The number of sulfonamides is 1. The lowest BCUT2D eigenvalue weighted by molar-refractivity contribution is 0.217. The third-order valence-electron chi connectivity index (χ3n) is 3.11. The van der Waals surface area contributed by atoms with Gasteiger partial charge < -0.3 is 10.5 Å². The highest BCUT2D eigenvalue weighted by Gasteiger charge is 2.13. The molecule has 0 amide bonds. The molecular weight excluding hydrogens is 276 g/mol. The van der Waals surface area contributed by atoms with Crippen molar-refractivity contribution in [2.24, 2.45) is 5.73 Å². The Labute approximate surface area is 121 Å². The van der Waals surface area contributed by atoms with Crippen LogP contribution in [-0.2, 0) is 14.8 Å². The molecular formula is C14H24N2O3S. The fraction of sp³-hybridized carbons (Fsp3) is 0.571. The Morgan fingerprint density at radius 1 is 1.20 bits per heavy atom. The number of hydrogen-bond acceptors (Lipinski definition) is 4. The number of nitrogens with two attached hydrogens (primary N) is 1. The summed E-state index contributed by atoms with van der Waals surface area (Å²) in [5.41, 5.74) is 8.16. The molecule has 1 unspecified atom stereocenters. The minimum Gasteiger partial charge on any atom is -0.384 e. The van der Waals surface area contributed by atoms with Gasteiger partial charge in [0, 0.05) is 19.7 Å². The van der Waals surface area contributed by atoms with Gasteiger partial charge in [-0.05, 0) is 17.0 Å². The summed E-state index contributed by atoms with van der Waals surface area (Å²) in [7, 11) is -1.85. The fourth-order valence-corrected chi connectivity index (χ4v) is 2.69. The van der Waals surface area contributed by atoms with Crippen LogP contribution in [0, 0.1) is 0 Å². The number of hydrogen-bond donors (Lipinski definition) is 2. The van der Waals surface area contributed by atoms with Gasteiger partial charge in [0.2, 0.25) is 10.0 Å². The third-order valence-corrected chi connectivity index (χ3v) is 4.42. The van der Waals surface area contributed by atoms with E-state index in [9.17, 15) is 8.42 Å². The average molecular weight is 300 g/mol. The molecule has 1 atom stereocenters. The maximum Gasteiger partial charge on any atom is 0.213 e. The molecule has 0 aliphatic carbocycles. The minimum absolute atomic E-state index is 0.0531. The van der Waals surface area contributed by atoms with E-state index in [2.05, 4.69) is 18.6 Å². The Bertz CT molecular complexity index is 498. The van der Waals surface area contributed by atoms with E-state index in [0.717, 1.165) is 5.56 Å². The van der Waals surface area contributed by atoms with Crippen LogP contribution in [0.3, 0.4) is 0 Å². The van der Waals surface area contributed by atoms with Crippen molar-refractivity contribution in [2.45, 2.75) is 25.8 Å². The van der Waals surface area contributed by atoms with Crippen LogP contribution < -0.4 is 10.5 Å². The fourth-order valence-electron chi connectivity index (χ4n) is 1.73. The van der Waals surface area contributed by atoms with E-state index in [1.807, 2.05) is 24.3 Å². The highest BCUT2D eigenvalue weighted by molar-refractivity contribution is 7.89. The van der Waals surface area contributed by atoms with Crippen molar-refractivity contribution in [3.05, 3.63) is 35.4 Å². The van der Waals surface area contributed by atoms with Gasteiger partial charge in [-0.1, -0.05) is 38.1 Å². The molecule has 3 N–H and O–H groups in total. The molecule has 0 spiro atoms. The number of benzene rings is 1. The quantitative estimate of drug-likeness (QED) is 0.760. The van der Waals surface area contributed by atoms with Crippen molar-refractivity contribution in [1.82, 2.24) is 4.72 Å². The zero-order chi connectivity index (χ0) is 15.2. The first-order valence-corrected chi connectivity index (χ1v) is 8.32. The number of ether oxygens (including phenoxy) is 1. The molecule has 6 heteroatoms. The number of nitrogens with one attached hydrogen (secondary N) is 1. The standard InChI is InChI=1S/C14H24N2O3S/c1-11(2)12-4-6-13(7-5-12)14(15)10-16-20(17,18)9-8-19-3/h4-7,11,14,16H,8-10,15H2,1-3H3. The first-order valence-electron chi connectivity index (χ1n) is 6.67. The van der Waals surface area contributed by atoms with Gasteiger partial charge in [0.15, 0.2) is 0 Å². The van der Waals surface area contributed by atoms with Crippen LogP contribution in [0.2, 0.25) is 0 Å². The second-order valence-electron chi connectivity index (χ2n) is 5.09. The first kappa shape index (κ1) is 17.1. The zero-order valence-corrected chi connectivity index (χ0v) is 13.1. The van der Waals surface area contributed by atoms with Crippen molar-refractivity contribution in [1.29, 1.82) is 0 Å². The SMILES string of the molecule is COCCS(=O)(=O)NCC(N)c1ccc(C(C)C)cc1. The number of rotatable bonds is 8. The van der Waals surface area contributed by atoms with Crippen LogP contribution >= 0.6 is 0 Å². The van der Waals surface area contributed by atoms with E-state index in [0.29, 0.717) is 5.92 Å². The summed E-state index contributed by atoms with van der Waals surface area (Å²) in [5.74, 6) is 0.413. The van der Waals surface area contributed by atoms with Crippen LogP contribution in [-0.4, -0.2) is 34.4 Å². The highest BCUT2D eigenvalue weighted by atomic mass is 32.2. The molecule has 5 nitrogen and oxygen atoms in total. The van der Waals surface area contributed by atoms with Crippen molar-refractivity contribution in [3.63, 3.8) is 0 Å². The smallest absolute Gasteiger partial charge is 0.213 e. The summed E-state index contributed by atoms with van der Waals surface area (Å²) in [6.45, 7) is 4.61. The Hall–Kier alpha value is -0.950. The Balaban J connectivity index is 2.56. The molecule has 0 heterocycles. The summed E-state index contributed by atoms with van der Waals surface area (Å²) < 4.78 is 30.5. The monoisotopic (exact) mass is 300 g/mol. The maximum atomic E-state index is 11.6. The normalized spacial score (nSPS) is 13.7. The van der Waals surface area contributed by atoms with Crippen LogP contribution in [0.4, 0.5) is 0 Å². The highest BCUT2D eigenvalue weighted by Crippen LogP contribution is 2.17. The van der Waals surface area contributed by atoms with E-state index < -0.39 is 10.0 Å². The predicted octanol–water partition coefficient (Wildman–Crippen LogP) is 1.38. The van der Waals surface area contributed by atoms with Gasteiger partial charge in [-0.3, -0.25) is 0 Å². The van der Waals surface area contributed by atoms with Gasteiger partial charge in [-0.15, -0.1) is 0 Å². The lowest BCUT2D eigenvalue weighted by Crippen LogP contribution is -2.34. The summed E-state index contributed by atoms with van der Waals surface area (Å²) in [5, 5.41) is 0. The van der Waals surface area contributed by atoms with Crippen molar-refractivity contribution >= 4 is 10.0 Å². The average Bonchev–Trinajstić information content (AvgIpc) is 2.43. The van der Waals surface area contributed by atoms with E-state index in [1.165, 1.54) is 12.7 Å². The van der Waals surface area contributed by atoms with Crippen LogP contribution in [0.15, 0.2) is 24.3 Å². The molecule has 114 valence electrons. The molecule has 0 aromatic heterocycles. The Kier molecular flexibility index (Phi) is 6.61. The van der Waals surface area contributed by atoms with Gasteiger partial charge in [0.1, 0.15) is 0 Å². The van der Waals surface area contributed by atoms with Gasteiger partial charge in [0.05, 0.1) is 12.4 Å². The minimum atomic E-state index is -3.32. The molecule has 1 rings (SSSR count). The van der Waals surface area contributed by atoms with E-state index >= 15 is 0 Å². The predicted molar refractivity (Wildman–Crippen MR) is 81.1 cm³/mol. The summed E-state index contributed by atoms with van der Waals surface area (Å²) in [6.07, 6.45) is 0. The van der Waals surface area contributed by atoms with Crippen molar-refractivity contribution in [3.8, 4) is 0 Å². The van der Waals surface area contributed by atoms with Crippen LogP contribution in [0.1, 0.15) is 36.9 Å². The number of methoxy groups -OCH3 is 1. The molecule has 1 aromatic carbocycles. The van der Waals surface area contributed by atoms with E-state index in [1.54, 1.807) is 0 Å². The summed E-state index contributed by atoms with van der Waals surface area (Å²) in [6, 6.07) is 7.60. The molecule has 0 saturated carbocycles. The van der Waals surface area contributed by atoms with Gasteiger partial charge >= 0.3 is 0 Å². The van der Waals surface area contributed by atoms with Crippen molar-refractivity contribution < 1.29 is 13.2 Å². The van der Waals surface area contributed by atoms with Crippen molar-refractivity contribution in [2.75, 3.05) is 26.0 Å². The maximum absolute atomic E-state index is 11.6. The van der Waals surface area contributed by atoms with Crippen LogP contribution in [0.25, 0.3) is 0 Å². The Morgan fingerprint density at radius 2 is 1.75 bits per heavy atom. The summed E-state index contributed by atoms with van der Waals surface area (Å²) >= 11 is 0. The molecule has 0 radical (unpaired) electrons.